The number of aliphatic hydroxyl groups is 1. The molecule has 3 nitrogen and oxygen atoms in total. The highest BCUT2D eigenvalue weighted by atomic mass is 16.5. The molecular weight excluding hydrogens is 202 g/mol. The van der Waals surface area contributed by atoms with Gasteiger partial charge in [-0.3, -0.25) is 0 Å². The van der Waals surface area contributed by atoms with Crippen molar-refractivity contribution in [1.82, 2.24) is 5.32 Å². The first-order valence-corrected chi connectivity index (χ1v) is 5.85. The predicted molar refractivity (Wildman–Crippen MR) is 65.4 cm³/mol. The minimum absolute atomic E-state index is 0.00595. The van der Waals surface area contributed by atoms with Gasteiger partial charge in [0.15, 0.2) is 0 Å². The van der Waals surface area contributed by atoms with Crippen molar-refractivity contribution < 1.29 is 9.84 Å². The van der Waals surface area contributed by atoms with E-state index < -0.39 is 0 Å². The Hall–Kier alpha value is -0.900. The van der Waals surface area contributed by atoms with Crippen molar-refractivity contribution in [1.29, 1.82) is 0 Å². The maximum atomic E-state index is 9.28. The summed E-state index contributed by atoms with van der Waals surface area (Å²) in [4.78, 5) is 0. The van der Waals surface area contributed by atoms with Gasteiger partial charge < -0.3 is 15.2 Å². The summed E-state index contributed by atoms with van der Waals surface area (Å²) in [6.45, 7) is 4.46. The average Bonchev–Trinajstić information content (AvgIpc) is 2.35. The van der Waals surface area contributed by atoms with Crippen molar-refractivity contribution in [3.8, 4) is 0 Å². The average molecular weight is 223 g/mol. The lowest BCUT2D eigenvalue weighted by atomic mass is 10.1. The normalized spacial score (nSPS) is 12.6. The van der Waals surface area contributed by atoms with Crippen LogP contribution in [0.3, 0.4) is 0 Å². The smallest absolute Gasteiger partial charge is 0.0626 e. The molecule has 1 aromatic rings. The van der Waals surface area contributed by atoms with Crippen LogP contribution in [0.2, 0.25) is 0 Å². The Morgan fingerprint density at radius 1 is 1.25 bits per heavy atom. The van der Waals surface area contributed by atoms with E-state index in [-0.39, 0.29) is 12.6 Å². The van der Waals surface area contributed by atoms with Gasteiger partial charge in [-0.1, -0.05) is 37.3 Å². The highest BCUT2D eigenvalue weighted by molar-refractivity contribution is 5.18. The maximum Gasteiger partial charge on any atom is 0.0626 e. The lowest BCUT2D eigenvalue weighted by Crippen LogP contribution is -2.27. The van der Waals surface area contributed by atoms with Gasteiger partial charge in [0.05, 0.1) is 19.3 Å². The van der Waals surface area contributed by atoms with E-state index in [9.17, 15) is 5.11 Å². The van der Waals surface area contributed by atoms with Crippen molar-refractivity contribution in [3.63, 3.8) is 0 Å². The Balaban J connectivity index is 2.27. The fraction of sp³-hybridized carbons (Fsp3) is 0.538. The Kier molecular flexibility index (Phi) is 6.81. The van der Waals surface area contributed by atoms with Crippen molar-refractivity contribution in [3.05, 3.63) is 35.9 Å². The number of ether oxygens (including phenoxy) is 1. The lowest BCUT2D eigenvalue weighted by Gasteiger charge is -2.16. The third-order valence-corrected chi connectivity index (χ3v) is 2.37. The second-order valence-electron chi connectivity index (χ2n) is 3.71. The molecule has 0 aliphatic rings. The number of nitrogens with one attached hydrogen (secondary N) is 1. The summed E-state index contributed by atoms with van der Waals surface area (Å²) in [6.07, 6.45) is 1.04. The van der Waals surface area contributed by atoms with E-state index in [0.717, 1.165) is 25.1 Å². The zero-order chi connectivity index (χ0) is 11.6. The Morgan fingerprint density at radius 2 is 2.00 bits per heavy atom. The van der Waals surface area contributed by atoms with E-state index in [1.54, 1.807) is 0 Å². The van der Waals surface area contributed by atoms with Crippen molar-refractivity contribution in [2.45, 2.75) is 19.4 Å². The minimum atomic E-state index is 0.00595. The fourth-order valence-electron chi connectivity index (χ4n) is 1.52. The zero-order valence-electron chi connectivity index (χ0n) is 9.86. The van der Waals surface area contributed by atoms with Crippen LogP contribution in [0.15, 0.2) is 30.3 Å². The van der Waals surface area contributed by atoms with Gasteiger partial charge in [-0.2, -0.15) is 0 Å². The molecule has 90 valence electrons. The number of aliphatic hydroxyl groups excluding tert-OH is 1. The third-order valence-electron chi connectivity index (χ3n) is 2.37. The summed E-state index contributed by atoms with van der Waals surface area (Å²) in [5, 5.41) is 12.5. The first kappa shape index (κ1) is 13.2. The van der Waals surface area contributed by atoms with Crippen LogP contribution in [-0.2, 0) is 4.74 Å². The van der Waals surface area contributed by atoms with E-state index in [2.05, 4.69) is 12.2 Å². The monoisotopic (exact) mass is 223 g/mol. The SMILES string of the molecule is CCCOCCNC(CO)c1ccccc1. The van der Waals surface area contributed by atoms with Crippen molar-refractivity contribution in [2.75, 3.05) is 26.4 Å². The van der Waals surface area contributed by atoms with Gasteiger partial charge in [0.2, 0.25) is 0 Å². The van der Waals surface area contributed by atoms with Gasteiger partial charge >= 0.3 is 0 Å². The molecule has 0 aliphatic heterocycles. The fourth-order valence-corrected chi connectivity index (χ4v) is 1.52. The highest BCUT2D eigenvalue weighted by Gasteiger charge is 2.07. The van der Waals surface area contributed by atoms with Crippen LogP contribution in [0.5, 0.6) is 0 Å². The van der Waals surface area contributed by atoms with Crippen LogP contribution in [0.4, 0.5) is 0 Å². The molecule has 0 bridgehead atoms. The van der Waals surface area contributed by atoms with Gasteiger partial charge in [-0.05, 0) is 12.0 Å². The number of rotatable bonds is 8. The van der Waals surface area contributed by atoms with Crippen molar-refractivity contribution in [2.24, 2.45) is 0 Å². The van der Waals surface area contributed by atoms with Gasteiger partial charge in [-0.25, -0.2) is 0 Å². The summed E-state index contributed by atoms with van der Waals surface area (Å²) < 4.78 is 5.37. The van der Waals surface area contributed by atoms with E-state index in [1.165, 1.54) is 0 Å². The van der Waals surface area contributed by atoms with Crippen LogP contribution in [0.25, 0.3) is 0 Å². The molecule has 0 amide bonds. The third kappa shape index (κ3) is 4.75. The van der Waals surface area contributed by atoms with Crippen LogP contribution >= 0.6 is 0 Å². The highest BCUT2D eigenvalue weighted by Crippen LogP contribution is 2.10. The predicted octanol–water partition coefficient (Wildman–Crippen LogP) is 1.74. The Morgan fingerprint density at radius 3 is 2.62 bits per heavy atom. The maximum absolute atomic E-state index is 9.28. The molecule has 0 saturated carbocycles. The van der Waals surface area contributed by atoms with E-state index in [1.807, 2.05) is 30.3 Å². The van der Waals surface area contributed by atoms with Crippen LogP contribution < -0.4 is 5.32 Å². The first-order chi connectivity index (χ1) is 7.88. The molecule has 16 heavy (non-hydrogen) atoms. The molecule has 0 spiro atoms. The van der Waals surface area contributed by atoms with Crippen LogP contribution in [0, 0.1) is 0 Å². The molecule has 2 N–H and O–H groups in total. The molecule has 1 aromatic carbocycles. The number of hydrogen-bond donors (Lipinski definition) is 2. The molecule has 0 fully saturated rings. The largest absolute Gasteiger partial charge is 0.394 e. The number of benzene rings is 1. The van der Waals surface area contributed by atoms with Crippen LogP contribution in [-0.4, -0.2) is 31.5 Å². The number of hydrogen-bond acceptors (Lipinski definition) is 3. The topological polar surface area (TPSA) is 41.5 Å². The van der Waals surface area contributed by atoms with Gasteiger partial charge in [-0.15, -0.1) is 0 Å². The standard InChI is InChI=1S/C13H21NO2/c1-2-9-16-10-8-14-13(11-15)12-6-4-3-5-7-12/h3-7,13-15H,2,8-11H2,1H3. The van der Waals surface area contributed by atoms with E-state index >= 15 is 0 Å². The molecule has 1 atom stereocenters. The minimum Gasteiger partial charge on any atom is -0.394 e. The molecule has 0 aromatic heterocycles. The second-order valence-corrected chi connectivity index (χ2v) is 3.71. The zero-order valence-corrected chi connectivity index (χ0v) is 9.86. The van der Waals surface area contributed by atoms with E-state index in [0.29, 0.717) is 6.61 Å². The molecule has 3 heteroatoms. The Bertz CT molecular complexity index is 264. The molecule has 1 rings (SSSR count). The summed E-state index contributed by atoms with van der Waals surface area (Å²) in [6, 6.07) is 9.97. The summed E-state index contributed by atoms with van der Waals surface area (Å²) >= 11 is 0. The molecule has 0 aliphatic carbocycles. The van der Waals surface area contributed by atoms with Gasteiger partial charge in [0.1, 0.15) is 0 Å². The summed E-state index contributed by atoms with van der Waals surface area (Å²) in [7, 11) is 0. The van der Waals surface area contributed by atoms with Crippen LogP contribution in [0.1, 0.15) is 24.9 Å². The van der Waals surface area contributed by atoms with E-state index in [4.69, 9.17) is 4.74 Å². The molecule has 0 radical (unpaired) electrons. The van der Waals surface area contributed by atoms with Gasteiger partial charge in [0.25, 0.3) is 0 Å². The second kappa shape index (κ2) is 8.28. The quantitative estimate of drug-likeness (QED) is 0.660. The summed E-state index contributed by atoms with van der Waals surface area (Å²) in [5.41, 5.74) is 1.11. The molecule has 0 heterocycles. The van der Waals surface area contributed by atoms with Gasteiger partial charge in [0, 0.05) is 13.2 Å². The molecule has 0 saturated heterocycles. The summed E-state index contributed by atoms with van der Waals surface area (Å²) in [5.74, 6) is 0. The van der Waals surface area contributed by atoms with Crippen molar-refractivity contribution >= 4 is 0 Å². The Labute approximate surface area is 97.4 Å². The lowest BCUT2D eigenvalue weighted by molar-refractivity contribution is 0.130. The molecule has 1 unspecified atom stereocenters. The molecular formula is C13H21NO2. The first-order valence-electron chi connectivity index (χ1n) is 5.85.